The Balaban J connectivity index is 2.25. The number of nitrogens with zero attached hydrogens (tertiary/aromatic N) is 3. The molecule has 3 rings (SSSR count). The molecule has 2 heterocycles. The molecule has 0 spiro atoms. The summed E-state index contributed by atoms with van der Waals surface area (Å²) in [7, 11) is 0. The average molecular weight is 201 g/mol. The van der Waals surface area contributed by atoms with Crippen LogP contribution in [0.2, 0.25) is 0 Å². The second-order valence-corrected chi connectivity index (χ2v) is 3.95. The molecule has 0 N–H and O–H groups in total. The quantitative estimate of drug-likeness (QED) is 0.696. The van der Waals surface area contributed by atoms with Crippen LogP contribution in [0.3, 0.4) is 0 Å². The summed E-state index contributed by atoms with van der Waals surface area (Å²) >= 11 is 0. The van der Waals surface area contributed by atoms with Crippen molar-refractivity contribution in [2.45, 2.75) is 25.2 Å². The third kappa shape index (κ3) is 1.17. The molecular formula is C11H11N3O. The van der Waals surface area contributed by atoms with E-state index in [9.17, 15) is 4.79 Å². The van der Waals surface area contributed by atoms with E-state index < -0.39 is 0 Å². The summed E-state index contributed by atoms with van der Waals surface area (Å²) in [6, 6.07) is 5.51. The number of carbonyl (C=O) groups excluding carboxylic acids is 1. The van der Waals surface area contributed by atoms with Crippen LogP contribution in [0.1, 0.15) is 41.5 Å². The van der Waals surface area contributed by atoms with Crippen molar-refractivity contribution in [2.24, 2.45) is 0 Å². The predicted octanol–water partition coefficient (Wildman–Crippen LogP) is 1.81. The first-order valence-corrected chi connectivity index (χ1v) is 5.19. The molecule has 15 heavy (non-hydrogen) atoms. The smallest absolute Gasteiger partial charge is 0.166 e. The van der Waals surface area contributed by atoms with Crippen LogP contribution in [-0.4, -0.2) is 20.9 Å². The molecule has 0 amide bonds. The molecule has 1 saturated carbocycles. The van der Waals surface area contributed by atoms with Gasteiger partial charge in [0, 0.05) is 5.92 Å². The minimum Gasteiger partial charge on any atom is -0.296 e. The zero-order valence-corrected chi connectivity index (χ0v) is 8.26. The standard InChI is InChI=1S/C11H11N3O/c15-7-9-5-2-6-10-12-13-11(14(9)10)8-3-1-4-8/h2,5-8H,1,3-4H2. The van der Waals surface area contributed by atoms with Crippen LogP contribution >= 0.6 is 0 Å². The Morgan fingerprint density at radius 1 is 1.33 bits per heavy atom. The Kier molecular flexibility index (Phi) is 1.80. The van der Waals surface area contributed by atoms with Gasteiger partial charge in [0.2, 0.25) is 0 Å². The number of carbonyl (C=O) groups is 1. The monoisotopic (exact) mass is 201 g/mol. The highest BCUT2D eigenvalue weighted by Crippen LogP contribution is 2.35. The molecule has 0 bridgehead atoms. The molecule has 0 aliphatic heterocycles. The minimum atomic E-state index is 0.487. The lowest BCUT2D eigenvalue weighted by molar-refractivity contribution is 0.111. The number of hydrogen-bond donors (Lipinski definition) is 0. The molecule has 1 aliphatic rings. The second-order valence-electron chi connectivity index (χ2n) is 3.95. The lowest BCUT2D eigenvalue weighted by Crippen LogP contribution is -2.13. The summed E-state index contributed by atoms with van der Waals surface area (Å²) in [6.07, 6.45) is 4.43. The molecule has 0 atom stereocenters. The molecule has 0 saturated heterocycles. The van der Waals surface area contributed by atoms with E-state index in [1.807, 2.05) is 16.5 Å². The van der Waals surface area contributed by atoms with Crippen molar-refractivity contribution in [3.63, 3.8) is 0 Å². The van der Waals surface area contributed by atoms with Gasteiger partial charge in [-0.1, -0.05) is 12.5 Å². The Bertz CT molecular complexity index is 514. The molecule has 0 aromatic carbocycles. The fourth-order valence-electron chi connectivity index (χ4n) is 2.01. The Labute approximate surface area is 86.9 Å². The molecule has 4 nitrogen and oxygen atoms in total. The third-order valence-electron chi connectivity index (χ3n) is 3.07. The van der Waals surface area contributed by atoms with Crippen molar-refractivity contribution in [3.05, 3.63) is 29.7 Å². The summed E-state index contributed by atoms with van der Waals surface area (Å²) in [5.41, 5.74) is 1.40. The van der Waals surface area contributed by atoms with Gasteiger partial charge in [0.15, 0.2) is 11.9 Å². The molecule has 0 radical (unpaired) electrons. The normalized spacial score (nSPS) is 16.5. The van der Waals surface area contributed by atoms with E-state index in [2.05, 4.69) is 10.2 Å². The Morgan fingerprint density at radius 2 is 2.20 bits per heavy atom. The number of hydrogen-bond acceptors (Lipinski definition) is 3. The van der Waals surface area contributed by atoms with E-state index in [0.29, 0.717) is 11.6 Å². The molecule has 2 aromatic heterocycles. The van der Waals surface area contributed by atoms with Gasteiger partial charge in [-0.25, -0.2) is 0 Å². The average Bonchev–Trinajstić information content (AvgIpc) is 2.59. The molecule has 2 aromatic rings. The van der Waals surface area contributed by atoms with E-state index in [-0.39, 0.29) is 0 Å². The van der Waals surface area contributed by atoms with Crippen molar-refractivity contribution in [1.29, 1.82) is 0 Å². The van der Waals surface area contributed by atoms with Crippen molar-refractivity contribution in [1.82, 2.24) is 14.6 Å². The number of fused-ring (bicyclic) bond motifs is 1. The van der Waals surface area contributed by atoms with Crippen molar-refractivity contribution in [2.75, 3.05) is 0 Å². The lowest BCUT2D eigenvalue weighted by Gasteiger charge is -2.23. The van der Waals surface area contributed by atoms with Crippen LogP contribution in [0.4, 0.5) is 0 Å². The van der Waals surface area contributed by atoms with E-state index in [1.165, 1.54) is 6.42 Å². The van der Waals surface area contributed by atoms with Gasteiger partial charge in [0.1, 0.15) is 5.82 Å². The van der Waals surface area contributed by atoms with Crippen molar-refractivity contribution >= 4 is 11.9 Å². The highest BCUT2D eigenvalue weighted by molar-refractivity contribution is 5.74. The van der Waals surface area contributed by atoms with Gasteiger partial charge >= 0.3 is 0 Å². The molecule has 76 valence electrons. The van der Waals surface area contributed by atoms with Gasteiger partial charge < -0.3 is 0 Å². The second kappa shape index (κ2) is 3.15. The minimum absolute atomic E-state index is 0.487. The predicted molar refractivity (Wildman–Crippen MR) is 55.0 cm³/mol. The highest BCUT2D eigenvalue weighted by atomic mass is 16.1. The number of pyridine rings is 1. The number of aromatic nitrogens is 3. The fraction of sp³-hybridized carbons (Fsp3) is 0.364. The van der Waals surface area contributed by atoms with Crippen LogP contribution in [0, 0.1) is 0 Å². The third-order valence-corrected chi connectivity index (χ3v) is 3.07. The first kappa shape index (κ1) is 8.59. The number of aldehydes is 1. The van der Waals surface area contributed by atoms with Crippen molar-refractivity contribution < 1.29 is 4.79 Å². The van der Waals surface area contributed by atoms with Crippen LogP contribution in [0.5, 0.6) is 0 Å². The summed E-state index contributed by atoms with van der Waals surface area (Å²) in [4.78, 5) is 10.9. The van der Waals surface area contributed by atoms with Crippen LogP contribution < -0.4 is 0 Å². The van der Waals surface area contributed by atoms with Gasteiger partial charge in [-0.05, 0) is 25.0 Å². The van der Waals surface area contributed by atoms with Gasteiger partial charge in [-0.2, -0.15) is 0 Å². The van der Waals surface area contributed by atoms with Crippen molar-refractivity contribution in [3.8, 4) is 0 Å². The summed E-state index contributed by atoms with van der Waals surface area (Å²) in [5, 5.41) is 8.26. The zero-order valence-electron chi connectivity index (χ0n) is 8.26. The van der Waals surface area contributed by atoms with Gasteiger partial charge in [-0.3, -0.25) is 9.20 Å². The Morgan fingerprint density at radius 3 is 2.87 bits per heavy atom. The van der Waals surface area contributed by atoms with E-state index in [1.54, 1.807) is 6.07 Å². The Hall–Kier alpha value is -1.71. The summed E-state index contributed by atoms with van der Waals surface area (Å²) in [5.74, 6) is 1.43. The first-order valence-electron chi connectivity index (χ1n) is 5.19. The highest BCUT2D eigenvalue weighted by Gasteiger charge is 2.25. The van der Waals surface area contributed by atoms with Crippen LogP contribution in [-0.2, 0) is 0 Å². The maximum atomic E-state index is 10.9. The first-order chi connectivity index (χ1) is 7.40. The lowest BCUT2D eigenvalue weighted by atomic mass is 9.85. The fourth-order valence-corrected chi connectivity index (χ4v) is 2.01. The molecule has 4 heteroatoms. The van der Waals surface area contributed by atoms with Crippen LogP contribution in [0.25, 0.3) is 5.65 Å². The van der Waals surface area contributed by atoms with Crippen LogP contribution in [0.15, 0.2) is 18.2 Å². The topological polar surface area (TPSA) is 47.3 Å². The van der Waals surface area contributed by atoms with Gasteiger partial charge in [-0.15, -0.1) is 10.2 Å². The summed E-state index contributed by atoms with van der Waals surface area (Å²) < 4.78 is 1.87. The van der Waals surface area contributed by atoms with E-state index in [0.717, 1.165) is 30.6 Å². The SMILES string of the molecule is O=Cc1cccc2nnc(C3CCC3)n12. The largest absolute Gasteiger partial charge is 0.296 e. The summed E-state index contributed by atoms with van der Waals surface area (Å²) in [6.45, 7) is 0. The maximum absolute atomic E-state index is 10.9. The molecule has 1 fully saturated rings. The molecule has 0 unspecified atom stereocenters. The maximum Gasteiger partial charge on any atom is 0.166 e. The molecular weight excluding hydrogens is 190 g/mol. The van der Waals surface area contributed by atoms with E-state index >= 15 is 0 Å². The number of rotatable bonds is 2. The van der Waals surface area contributed by atoms with Gasteiger partial charge in [0.25, 0.3) is 0 Å². The molecule has 1 aliphatic carbocycles. The zero-order chi connectivity index (χ0) is 10.3. The van der Waals surface area contributed by atoms with Gasteiger partial charge in [0.05, 0.1) is 5.69 Å². The van der Waals surface area contributed by atoms with E-state index in [4.69, 9.17) is 0 Å².